The van der Waals surface area contributed by atoms with Gasteiger partial charge in [-0.25, -0.2) is 0 Å². The third kappa shape index (κ3) is 55.5. The maximum absolute atomic E-state index is 10.9. The minimum Gasteiger partial charge on any atom is -0.855 e. The van der Waals surface area contributed by atoms with Gasteiger partial charge in [0.2, 0.25) is 0 Å². The Balaban J connectivity index is -0.000000399. The molecular weight excluding hydrogens is 1630 g/mol. The van der Waals surface area contributed by atoms with Gasteiger partial charge in [0, 0.05) is 50.8 Å². The maximum atomic E-state index is 10.9. The molecule has 7 aromatic carbocycles. The van der Waals surface area contributed by atoms with Crippen LogP contribution >= 0.6 is 39.1 Å². The van der Waals surface area contributed by atoms with Crippen LogP contribution in [0, 0.1) is 40.5 Å². The molecule has 638 valence electrons. The molecule has 0 aliphatic rings. The Bertz CT molecular complexity index is 3720. The van der Waals surface area contributed by atoms with Crippen LogP contribution in [0.5, 0.6) is 80.5 Å². The molecule has 0 aromatic heterocycles. The average molecular weight is 1740 g/mol. The smallest absolute Gasteiger partial charge is 0.855 e. The Morgan fingerprint density at radius 3 is 0.991 bits per heavy atom. The number of nitro groups is 4. The van der Waals surface area contributed by atoms with Gasteiger partial charge in [-0.3, -0.25) is 50.0 Å². The fourth-order valence-corrected chi connectivity index (χ4v) is 8.01. The Hall–Kier alpha value is -9.66. The number of nitrogens with two attached hydrogens (primary N) is 1. The average Bonchev–Trinajstić information content (AvgIpc) is 0.858. The summed E-state index contributed by atoms with van der Waals surface area (Å²) in [6.07, 6.45) is 0. The quantitative estimate of drug-likeness (QED) is 0.00512. The largest absolute Gasteiger partial charge is 1.00 e. The van der Waals surface area contributed by atoms with E-state index < -0.39 is 25.7 Å². The van der Waals surface area contributed by atoms with Crippen LogP contribution < -0.4 is 103 Å². The van der Waals surface area contributed by atoms with E-state index in [1.54, 1.807) is 108 Å². The number of nitro benzene ring substituents is 4. The molecule has 0 saturated heterocycles. The number of carbonyl (C=O) groups excluding carboxylic acids is 2. The summed E-state index contributed by atoms with van der Waals surface area (Å²) in [5.74, 6) is 5.51. The molecule has 6 N–H and O–H groups in total. The van der Waals surface area contributed by atoms with Crippen molar-refractivity contribution in [1.29, 1.82) is 0 Å². The van der Waals surface area contributed by atoms with E-state index in [2.05, 4.69) is 72.6 Å². The number of hydrogen-bond donors (Lipinski definition) is 5. The number of aliphatic hydroxyl groups excluding tert-OH is 1. The summed E-state index contributed by atoms with van der Waals surface area (Å²) in [6, 6.07) is 35.5. The Morgan fingerprint density at radius 2 is 0.704 bits per heavy atom. The van der Waals surface area contributed by atoms with Crippen LogP contribution in [-0.2, 0) is 9.59 Å². The second-order valence-electron chi connectivity index (χ2n) is 21.1. The van der Waals surface area contributed by atoms with Crippen molar-refractivity contribution in [3.8, 4) is 80.5 Å². The number of nitrogens with zero attached hydrogens (tertiary/aromatic N) is 6. The Kier molecular flexibility index (Phi) is 72.5. The monoisotopic (exact) mass is 1740 g/mol. The molecule has 7 rings (SSSR count). The van der Waals surface area contributed by atoms with Gasteiger partial charge in [0.1, 0.15) is 77.3 Å². The van der Waals surface area contributed by atoms with Crippen molar-refractivity contribution >= 4 is 79.5 Å². The molecule has 0 spiro atoms. The Morgan fingerprint density at radius 1 is 0.435 bits per heavy atom. The predicted molar refractivity (Wildman–Crippen MR) is 443 cm³/mol. The first-order chi connectivity index (χ1) is 54.4. The van der Waals surface area contributed by atoms with Gasteiger partial charge in [-0.2, -0.15) is 0 Å². The van der Waals surface area contributed by atoms with Crippen LogP contribution in [-0.4, -0.2) is 209 Å². The summed E-state index contributed by atoms with van der Waals surface area (Å²) in [5.41, 5.74) is 5.73. The number of hydrogen-bond acceptors (Lipinski definition) is 30. The molecular formula is C77H112BrCl2N8NaO26. The number of alkyl halides is 3. The first-order valence-electron chi connectivity index (χ1n) is 35.1. The van der Waals surface area contributed by atoms with Gasteiger partial charge in [-0.05, 0) is 155 Å². The fraction of sp³-hybridized carbons (Fsp3) is 0.429. The van der Waals surface area contributed by atoms with Crippen LogP contribution in [0.3, 0.4) is 0 Å². The summed E-state index contributed by atoms with van der Waals surface area (Å²) in [6.45, 7) is 28.2. The standard InChI is InChI=1S/C13H20N2O4.C13H22N2O2.C9H10ClNO4.C9H9NO5.C9H10O3.C7H7NO4.C7H8O2.C4H11N.C2H4BrCl.C2H6O.C2H5O.Na/c1-4-14(5-2)8-9-19-11-6-7-13(18-3)12(10-11)15(16)17;1-4-15(5-2)8-9-17-11-6-7-13(16-3)12(14)10-11;1-14-9-3-2-7(15-5-4-10)6-8(9)11(12)13;1-6(11)15-7-3-4-9(14-2)8(5-7)10(12)13;1-7(10)12-9-5-3-8(11-2)4-6-9;1-12-7-3-2-5(9)4-6(7)8(10)11;1-9-7-4-2-6(8)3-5-7;1-3-5-4-2;3-1-2-4;2*1-2-3;/h6-7,10H,4-5,8-9H2,1-3H3;6-7,10H,4-5,8-9,14H2,1-3H3;2-3,6H,4-5H2,1H3;3-5H,1-2H3;3-6H,1-2H3;2-4,9H,1H3;2-5,8H,1H3;5H,3-4H2,1-2H3;1-2H2;3H,2H2,1H3;2H2,1H3;/q;;;;;;;;;;-1;+1. The van der Waals surface area contributed by atoms with E-state index in [9.17, 15) is 50.0 Å². The van der Waals surface area contributed by atoms with E-state index in [1.807, 2.05) is 12.1 Å². The third-order valence-corrected chi connectivity index (χ3v) is 14.5. The van der Waals surface area contributed by atoms with Gasteiger partial charge in [0.25, 0.3) is 0 Å². The molecule has 0 aliphatic carbocycles. The number of carbonyl (C=O) groups is 2. The summed E-state index contributed by atoms with van der Waals surface area (Å²) >= 11 is 13.7. The van der Waals surface area contributed by atoms with Crippen LogP contribution in [0.2, 0.25) is 0 Å². The minimum atomic E-state index is -0.613. The van der Waals surface area contributed by atoms with Crippen molar-refractivity contribution in [2.24, 2.45) is 0 Å². The summed E-state index contributed by atoms with van der Waals surface area (Å²) in [7, 11) is 10.2. The number of nitrogen functional groups attached to an aromatic ring is 1. The van der Waals surface area contributed by atoms with Crippen molar-refractivity contribution in [2.45, 2.75) is 69.2 Å². The number of nitrogens with one attached hydrogen (secondary N) is 1. The predicted octanol–water partition coefficient (Wildman–Crippen LogP) is 11.0. The number of halogens is 3. The molecule has 0 fully saturated rings. The van der Waals surface area contributed by atoms with E-state index in [-0.39, 0.29) is 112 Å². The zero-order valence-corrected chi connectivity index (χ0v) is 73.8. The van der Waals surface area contributed by atoms with Crippen molar-refractivity contribution in [2.75, 3.05) is 158 Å². The SMILES string of the molecule is CCN(CC)CCOc1ccc(OC)c(N)c1.CCN(CC)CCOc1ccc(OC)c([N+](=O)[O-])c1.CCNCC.CCO.CC[O-].COc1ccc(O)cc1.COc1ccc(O)cc1[N+](=O)[O-].COc1ccc(OC(C)=O)cc1.COc1ccc(OC(C)=O)cc1[N+](=O)[O-].COc1ccc(OCCCl)cc1[N+](=O)[O-].ClCCBr.[Na+]. The van der Waals surface area contributed by atoms with E-state index >= 15 is 0 Å². The zero-order valence-electron chi connectivity index (χ0n) is 68.7. The van der Waals surface area contributed by atoms with Crippen LogP contribution in [0.15, 0.2) is 140 Å². The number of anilines is 1. The molecule has 38 heteroatoms. The van der Waals surface area contributed by atoms with Crippen molar-refractivity contribution in [3.05, 3.63) is 180 Å². The number of phenolic OH excluding ortho intramolecular Hbond substituents is 2. The molecule has 0 amide bonds. The number of esters is 2. The summed E-state index contributed by atoms with van der Waals surface area (Å²) in [5, 5.41) is 80.7. The van der Waals surface area contributed by atoms with Crippen molar-refractivity contribution in [3.63, 3.8) is 0 Å². The molecule has 34 nitrogen and oxygen atoms in total. The summed E-state index contributed by atoms with van der Waals surface area (Å²) < 4.78 is 60.0. The molecule has 0 bridgehead atoms. The first kappa shape index (κ1) is 114. The maximum Gasteiger partial charge on any atom is 1.00 e. The first-order valence-corrected chi connectivity index (χ1v) is 37.3. The number of benzene rings is 7. The Labute approximate surface area is 713 Å². The van der Waals surface area contributed by atoms with E-state index in [0.717, 1.165) is 87.1 Å². The molecule has 0 aliphatic heterocycles. The topological polar surface area (TPSA) is 446 Å². The molecule has 0 heterocycles. The third-order valence-electron chi connectivity index (χ3n) is 13.3. The van der Waals surface area contributed by atoms with Crippen molar-refractivity contribution in [1.82, 2.24) is 15.1 Å². The molecule has 0 saturated carbocycles. The van der Waals surface area contributed by atoms with Gasteiger partial charge in [0.05, 0.1) is 105 Å². The number of rotatable bonds is 31. The number of phenols is 2. The zero-order chi connectivity index (χ0) is 87.4. The number of likely N-dealkylation sites (N-methyl/N-ethyl adjacent to an activating group) is 2. The number of ether oxygens (including phenoxy) is 12. The van der Waals surface area contributed by atoms with Crippen LogP contribution in [0.1, 0.15) is 69.2 Å². The van der Waals surface area contributed by atoms with Crippen LogP contribution in [0.4, 0.5) is 28.4 Å². The number of methoxy groups -OCH3 is 7. The van der Waals surface area contributed by atoms with E-state index in [1.165, 1.54) is 84.8 Å². The fourth-order valence-electron chi connectivity index (χ4n) is 7.93. The van der Waals surface area contributed by atoms with Gasteiger partial charge >= 0.3 is 64.2 Å². The summed E-state index contributed by atoms with van der Waals surface area (Å²) in [4.78, 5) is 65.9. The van der Waals surface area contributed by atoms with Gasteiger partial charge in [-0.15, -0.1) is 29.8 Å². The number of aromatic hydroxyl groups is 2. The number of aliphatic hydroxyl groups is 1. The van der Waals surface area contributed by atoms with Crippen LogP contribution in [0.25, 0.3) is 0 Å². The van der Waals surface area contributed by atoms with E-state index in [0.29, 0.717) is 60.3 Å². The molecule has 0 atom stereocenters. The molecule has 0 unspecified atom stereocenters. The normalized spacial score (nSPS) is 9.39. The molecule has 0 radical (unpaired) electrons. The van der Waals surface area contributed by atoms with Crippen molar-refractivity contribution < 1.29 is 136 Å². The second kappa shape index (κ2) is 73.2. The van der Waals surface area contributed by atoms with E-state index in [4.69, 9.17) is 106 Å². The minimum absolute atomic E-state index is 0. The molecule has 7 aromatic rings. The van der Waals surface area contributed by atoms with Gasteiger partial charge < -0.3 is 98.1 Å². The second-order valence-corrected chi connectivity index (χ2v) is 22.6. The molecule has 115 heavy (non-hydrogen) atoms. The van der Waals surface area contributed by atoms with Gasteiger partial charge in [-0.1, -0.05) is 64.4 Å². The van der Waals surface area contributed by atoms with Gasteiger partial charge in [0.15, 0.2) is 23.0 Å².